The summed E-state index contributed by atoms with van der Waals surface area (Å²) >= 11 is 0. The van der Waals surface area contributed by atoms with E-state index < -0.39 is 5.91 Å². The minimum Gasteiger partial charge on any atom is -0.484 e. The second kappa shape index (κ2) is 7.54. The van der Waals surface area contributed by atoms with E-state index in [9.17, 15) is 9.18 Å². The van der Waals surface area contributed by atoms with Gasteiger partial charge in [-0.1, -0.05) is 24.3 Å². The largest absolute Gasteiger partial charge is 0.484 e. The van der Waals surface area contributed by atoms with Gasteiger partial charge in [-0.2, -0.15) is 5.10 Å². The molecule has 2 aromatic carbocycles. The smallest absolute Gasteiger partial charge is 0.277 e. The molecule has 0 fully saturated rings. The second-order valence-corrected chi connectivity index (χ2v) is 5.32. The highest BCUT2D eigenvalue weighted by atomic mass is 19.1. The van der Waals surface area contributed by atoms with E-state index in [1.165, 1.54) is 6.07 Å². The van der Waals surface area contributed by atoms with Crippen LogP contribution in [0, 0.1) is 19.7 Å². The molecule has 0 atom stereocenters. The Labute approximate surface area is 135 Å². The number of carbonyl (C=O) groups is 1. The molecule has 0 unspecified atom stereocenters. The van der Waals surface area contributed by atoms with E-state index in [2.05, 4.69) is 10.5 Å². The molecule has 2 aromatic rings. The highest BCUT2D eigenvalue weighted by Crippen LogP contribution is 2.15. The van der Waals surface area contributed by atoms with Crippen LogP contribution in [0.5, 0.6) is 5.75 Å². The fourth-order valence-electron chi connectivity index (χ4n) is 2.16. The van der Waals surface area contributed by atoms with Gasteiger partial charge >= 0.3 is 0 Å². The number of halogens is 1. The van der Waals surface area contributed by atoms with Crippen LogP contribution in [0.3, 0.4) is 0 Å². The molecular formula is C18H19FN2O2. The summed E-state index contributed by atoms with van der Waals surface area (Å²) in [6.45, 7) is 5.39. The molecule has 0 heterocycles. The lowest BCUT2D eigenvalue weighted by atomic mass is 10.1. The molecule has 5 heteroatoms. The summed E-state index contributed by atoms with van der Waals surface area (Å²) in [6.07, 6.45) is 0. The van der Waals surface area contributed by atoms with E-state index in [1.54, 1.807) is 25.1 Å². The van der Waals surface area contributed by atoms with Gasteiger partial charge in [0.15, 0.2) is 6.61 Å². The van der Waals surface area contributed by atoms with Gasteiger partial charge in [0.05, 0.1) is 5.71 Å². The Morgan fingerprint density at radius 3 is 2.48 bits per heavy atom. The number of amides is 1. The van der Waals surface area contributed by atoms with Crippen molar-refractivity contribution in [1.82, 2.24) is 5.43 Å². The lowest BCUT2D eigenvalue weighted by Crippen LogP contribution is -2.25. The summed E-state index contributed by atoms with van der Waals surface area (Å²) in [5.74, 6) is -0.151. The van der Waals surface area contributed by atoms with Crippen molar-refractivity contribution in [3.05, 3.63) is 65.0 Å². The first kappa shape index (κ1) is 16.7. The van der Waals surface area contributed by atoms with Crippen LogP contribution in [-0.4, -0.2) is 18.2 Å². The van der Waals surface area contributed by atoms with Crippen LogP contribution in [0.25, 0.3) is 0 Å². The van der Waals surface area contributed by atoms with Gasteiger partial charge in [-0.3, -0.25) is 4.79 Å². The van der Waals surface area contributed by atoms with Crippen molar-refractivity contribution < 1.29 is 13.9 Å². The topological polar surface area (TPSA) is 50.7 Å². The van der Waals surface area contributed by atoms with Crippen LogP contribution in [0.4, 0.5) is 4.39 Å². The molecule has 0 bridgehead atoms. The Morgan fingerprint density at radius 2 is 1.83 bits per heavy atom. The van der Waals surface area contributed by atoms with Gasteiger partial charge in [0, 0.05) is 5.56 Å². The summed E-state index contributed by atoms with van der Waals surface area (Å²) in [5.41, 5.74) is 5.23. The van der Waals surface area contributed by atoms with Crippen molar-refractivity contribution in [3.8, 4) is 5.75 Å². The summed E-state index contributed by atoms with van der Waals surface area (Å²) in [6, 6.07) is 12.0. The molecule has 0 saturated carbocycles. The molecule has 1 N–H and O–H groups in total. The van der Waals surface area contributed by atoms with Crippen molar-refractivity contribution in [3.63, 3.8) is 0 Å². The third-order valence-electron chi connectivity index (χ3n) is 3.18. The fraction of sp³-hybridized carbons (Fsp3) is 0.222. The van der Waals surface area contributed by atoms with E-state index >= 15 is 0 Å². The minimum absolute atomic E-state index is 0.156. The van der Waals surface area contributed by atoms with Crippen molar-refractivity contribution in [1.29, 1.82) is 0 Å². The van der Waals surface area contributed by atoms with Crippen LogP contribution >= 0.6 is 0 Å². The molecule has 0 aromatic heterocycles. The lowest BCUT2D eigenvalue weighted by Gasteiger charge is -2.08. The molecule has 1 amide bonds. The Bertz CT molecular complexity index is 721. The molecule has 120 valence electrons. The predicted molar refractivity (Wildman–Crippen MR) is 88.2 cm³/mol. The van der Waals surface area contributed by atoms with E-state index in [0.717, 1.165) is 11.1 Å². The van der Waals surface area contributed by atoms with Crippen molar-refractivity contribution in [2.75, 3.05) is 6.61 Å². The molecule has 0 saturated heterocycles. The Kier molecular flexibility index (Phi) is 5.46. The van der Waals surface area contributed by atoms with Gasteiger partial charge < -0.3 is 4.74 Å². The first-order valence-electron chi connectivity index (χ1n) is 7.25. The number of ether oxygens (including phenoxy) is 1. The van der Waals surface area contributed by atoms with Crippen molar-refractivity contribution in [2.24, 2.45) is 5.10 Å². The van der Waals surface area contributed by atoms with Gasteiger partial charge in [-0.25, -0.2) is 9.82 Å². The molecule has 23 heavy (non-hydrogen) atoms. The number of rotatable bonds is 5. The van der Waals surface area contributed by atoms with Gasteiger partial charge in [-0.15, -0.1) is 0 Å². The third-order valence-corrected chi connectivity index (χ3v) is 3.18. The first-order chi connectivity index (χ1) is 11.0. The number of hydrogen-bond acceptors (Lipinski definition) is 3. The maximum Gasteiger partial charge on any atom is 0.277 e. The summed E-state index contributed by atoms with van der Waals surface area (Å²) in [7, 11) is 0. The molecule has 0 aliphatic rings. The van der Waals surface area contributed by atoms with Crippen molar-refractivity contribution in [2.45, 2.75) is 20.8 Å². The summed E-state index contributed by atoms with van der Waals surface area (Å²) < 4.78 is 19.0. The molecular weight excluding hydrogens is 295 g/mol. The number of aryl methyl sites for hydroxylation is 2. The average molecular weight is 314 g/mol. The monoisotopic (exact) mass is 314 g/mol. The van der Waals surface area contributed by atoms with Crippen LogP contribution in [0.1, 0.15) is 23.6 Å². The van der Waals surface area contributed by atoms with Crippen LogP contribution < -0.4 is 10.2 Å². The summed E-state index contributed by atoms with van der Waals surface area (Å²) in [5, 5.41) is 3.90. The number of nitrogens with zero attached hydrogens (tertiary/aromatic N) is 1. The third kappa shape index (κ3) is 4.92. The SMILES string of the molecule is C/C(=N/NC(=O)COc1cc(C)cc(C)c1)c1ccccc1F. The Hall–Kier alpha value is -2.69. The number of hydrogen-bond donors (Lipinski definition) is 1. The molecule has 4 nitrogen and oxygen atoms in total. The van der Waals surface area contributed by atoms with E-state index in [4.69, 9.17) is 4.74 Å². The molecule has 0 radical (unpaired) electrons. The van der Waals surface area contributed by atoms with E-state index in [0.29, 0.717) is 17.0 Å². The van der Waals surface area contributed by atoms with Crippen molar-refractivity contribution >= 4 is 11.6 Å². The van der Waals surface area contributed by atoms with Gasteiger partial charge in [0.1, 0.15) is 11.6 Å². The quantitative estimate of drug-likeness (QED) is 0.679. The molecule has 0 spiro atoms. The average Bonchev–Trinajstić information content (AvgIpc) is 2.50. The number of hydrazone groups is 1. The fourth-order valence-corrected chi connectivity index (χ4v) is 2.16. The Morgan fingerprint density at radius 1 is 1.17 bits per heavy atom. The van der Waals surface area contributed by atoms with E-state index in [1.807, 2.05) is 32.0 Å². The Balaban J connectivity index is 1.92. The number of nitrogens with one attached hydrogen (secondary N) is 1. The molecule has 0 aliphatic carbocycles. The highest BCUT2D eigenvalue weighted by molar-refractivity contribution is 5.99. The van der Waals surface area contributed by atoms with E-state index in [-0.39, 0.29) is 12.4 Å². The zero-order valence-corrected chi connectivity index (χ0v) is 13.4. The summed E-state index contributed by atoms with van der Waals surface area (Å²) in [4.78, 5) is 11.8. The minimum atomic E-state index is -0.403. The molecule has 2 rings (SSSR count). The second-order valence-electron chi connectivity index (χ2n) is 5.32. The normalized spacial score (nSPS) is 11.2. The van der Waals surface area contributed by atoms with Crippen LogP contribution in [0.2, 0.25) is 0 Å². The number of benzene rings is 2. The van der Waals surface area contributed by atoms with Gasteiger partial charge in [-0.05, 0) is 50.1 Å². The standard InChI is InChI=1S/C18H19FN2O2/c1-12-8-13(2)10-15(9-12)23-11-18(22)21-20-14(3)16-6-4-5-7-17(16)19/h4-10H,11H2,1-3H3,(H,21,22)/b20-14-. The predicted octanol–water partition coefficient (Wildman–Crippen LogP) is 3.36. The zero-order valence-electron chi connectivity index (χ0n) is 13.4. The molecule has 0 aliphatic heterocycles. The van der Waals surface area contributed by atoms with Gasteiger partial charge in [0.25, 0.3) is 5.91 Å². The highest BCUT2D eigenvalue weighted by Gasteiger charge is 2.06. The van der Waals surface area contributed by atoms with Gasteiger partial charge in [0.2, 0.25) is 0 Å². The maximum atomic E-state index is 13.6. The maximum absolute atomic E-state index is 13.6. The number of carbonyl (C=O) groups excluding carboxylic acids is 1. The van der Waals surface area contributed by atoms with Crippen LogP contribution in [-0.2, 0) is 4.79 Å². The first-order valence-corrected chi connectivity index (χ1v) is 7.25. The van der Waals surface area contributed by atoms with Crippen LogP contribution in [0.15, 0.2) is 47.6 Å². The zero-order chi connectivity index (χ0) is 16.8. The lowest BCUT2D eigenvalue weighted by molar-refractivity contribution is -0.123.